The fraction of sp³-hybridized carbons (Fsp3) is 0.143. The lowest BCUT2D eigenvalue weighted by Gasteiger charge is -2.07. The number of rotatable bonds is 3. The van der Waals surface area contributed by atoms with Gasteiger partial charge in [0.25, 0.3) is 0 Å². The van der Waals surface area contributed by atoms with Crippen LogP contribution in [0.5, 0.6) is 0 Å². The van der Waals surface area contributed by atoms with Crippen molar-refractivity contribution in [3.63, 3.8) is 0 Å². The standard InChI is InChI=1S/C14H14BFO2/c1-10-2-4-11(5-3-10)8-12-9-13(15(17)18)6-7-14(12)16/h2-7,9,17-18H,8H2,1H3. The van der Waals surface area contributed by atoms with Gasteiger partial charge in [-0.05, 0) is 29.6 Å². The third-order valence-corrected chi connectivity index (χ3v) is 2.88. The molecule has 0 aromatic heterocycles. The highest BCUT2D eigenvalue weighted by molar-refractivity contribution is 6.58. The summed E-state index contributed by atoms with van der Waals surface area (Å²) in [5.41, 5.74) is 2.91. The molecule has 0 radical (unpaired) electrons. The van der Waals surface area contributed by atoms with Crippen LogP contribution in [0.15, 0.2) is 42.5 Å². The fourth-order valence-electron chi connectivity index (χ4n) is 1.82. The molecular formula is C14H14BFO2. The number of hydrogen-bond acceptors (Lipinski definition) is 2. The van der Waals surface area contributed by atoms with E-state index in [2.05, 4.69) is 0 Å². The van der Waals surface area contributed by atoms with Crippen LogP contribution in [0.1, 0.15) is 16.7 Å². The van der Waals surface area contributed by atoms with Gasteiger partial charge in [-0.15, -0.1) is 0 Å². The van der Waals surface area contributed by atoms with Crippen molar-refractivity contribution in [2.45, 2.75) is 13.3 Å². The number of halogens is 1. The van der Waals surface area contributed by atoms with Crippen LogP contribution in [-0.4, -0.2) is 17.2 Å². The van der Waals surface area contributed by atoms with Gasteiger partial charge in [0.15, 0.2) is 0 Å². The van der Waals surface area contributed by atoms with Crippen LogP contribution in [-0.2, 0) is 6.42 Å². The summed E-state index contributed by atoms with van der Waals surface area (Å²) in [5.74, 6) is -0.333. The van der Waals surface area contributed by atoms with Crippen LogP contribution in [0.4, 0.5) is 4.39 Å². The van der Waals surface area contributed by atoms with E-state index in [4.69, 9.17) is 10.0 Å². The first-order valence-corrected chi connectivity index (χ1v) is 5.76. The second-order valence-corrected chi connectivity index (χ2v) is 4.39. The maximum atomic E-state index is 13.6. The first-order chi connectivity index (χ1) is 8.56. The van der Waals surface area contributed by atoms with E-state index in [9.17, 15) is 4.39 Å². The molecule has 4 heteroatoms. The summed E-state index contributed by atoms with van der Waals surface area (Å²) >= 11 is 0. The molecule has 18 heavy (non-hydrogen) atoms. The Morgan fingerprint density at radius 1 is 1.06 bits per heavy atom. The Kier molecular flexibility index (Phi) is 3.79. The van der Waals surface area contributed by atoms with Crippen LogP contribution < -0.4 is 5.46 Å². The zero-order valence-corrected chi connectivity index (χ0v) is 10.1. The lowest BCUT2D eigenvalue weighted by atomic mass is 9.79. The van der Waals surface area contributed by atoms with Gasteiger partial charge in [-0.3, -0.25) is 0 Å². The van der Waals surface area contributed by atoms with E-state index in [0.29, 0.717) is 17.4 Å². The van der Waals surface area contributed by atoms with Crippen molar-refractivity contribution in [1.82, 2.24) is 0 Å². The van der Waals surface area contributed by atoms with Crippen molar-refractivity contribution in [3.8, 4) is 0 Å². The lowest BCUT2D eigenvalue weighted by Crippen LogP contribution is -2.30. The Bertz CT molecular complexity index is 538. The van der Waals surface area contributed by atoms with Crippen LogP contribution in [0.3, 0.4) is 0 Å². The van der Waals surface area contributed by atoms with Crippen molar-refractivity contribution >= 4 is 12.6 Å². The van der Waals surface area contributed by atoms with E-state index < -0.39 is 7.12 Å². The second-order valence-electron chi connectivity index (χ2n) is 4.39. The Balaban J connectivity index is 2.27. The van der Waals surface area contributed by atoms with Crippen LogP contribution in [0.25, 0.3) is 0 Å². The van der Waals surface area contributed by atoms with Gasteiger partial charge < -0.3 is 10.0 Å². The second kappa shape index (κ2) is 5.33. The molecule has 0 saturated carbocycles. The Hall–Kier alpha value is -1.65. The maximum absolute atomic E-state index is 13.6. The Morgan fingerprint density at radius 3 is 2.33 bits per heavy atom. The molecule has 0 heterocycles. The summed E-state index contributed by atoms with van der Waals surface area (Å²) < 4.78 is 13.6. The van der Waals surface area contributed by atoms with E-state index in [1.807, 2.05) is 31.2 Å². The summed E-state index contributed by atoms with van der Waals surface area (Å²) in [5, 5.41) is 18.1. The third-order valence-electron chi connectivity index (χ3n) is 2.88. The summed E-state index contributed by atoms with van der Waals surface area (Å²) in [6.45, 7) is 1.99. The minimum absolute atomic E-state index is 0.304. The SMILES string of the molecule is Cc1ccc(Cc2cc(B(O)O)ccc2F)cc1. The molecule has 0 unspecified atom stereocenters. The zero-order chi connectivity index (χ0) is 13.1. The topological polar surface area (TPSA) is 40.5 Å². The highest BCUT2D eigenvalue weighted by Gasteiger charge is 2.13. The van der Waals surface area contributed by atoms with E-state index in [-0.39, 0.29) is 5.82 Å². The van der Waals surface area contributed by atoms with Gasteiger partial charge in [-0.2, -0.15) is 0 Å². The molecule has 92 valence electrons. The first-order valence-electron chi connectivity index (χ1n) is 5.76. The van der Waals surface area contributed by atoms with Gasteiger partial charge in [0.2, 0.25) is 0 Å². The molecule has 0 aliphatic rings. The molecule has 2 N–H and O–H groups in total. The van der Waals surface area contributed by atoms with Gasteiger partial charge >= 0.3 is 7.12 Å². The number of aryl methyl sites for hydroxylation is 1. The minimum atomic E-state index is -1.57. The Morgan fingerprint density at radius 2 is 1.72 bits per heavy atom. The fourth-order valence-corrected chi connectivity index (χ4v) is 1.82. The van der Waals surface area contributed by atoms with E-state index >= 15 is 0 Å². The molecule has 0 spiro atoms. The maximum Gasteiger partial charge on any atom is 0.488 e. The van der Waals surface area contributed by atoms with Gasteiger partial charge in [0.1, 0.15) is 5.82 Å². The quantitative estimate of drug-likeness (QED) is 0.801. The summed E-state index contributed by atoms with van der Waals surface area (Å²) in [6, 6.07) is 11.9. The molecule has 2 aromatic carbocycles. The van der Waals surface area contributed by atoms with Gasteiger partial charge in [0, 0.05) is 6.42 Å². The molecule has 0 aliphatic carbocycles. The minimum Gasteiger partial charge on any atom is -0.423 e. The van der Waals surface area contributed by atoms with Crippen molar-refractivity contribution in [2.24, 2.45) is 0 Å². The molecule has 0 atom stereocenters. The predicted octanol–water partition coefficient (Wildman–Crippen LogP) is 1.40. The zero-order valence-electron chi connectivity index (χ0n) is 10.1. The monoisotopic (exact) mass is 244 g/mol. The van der Waals surface area contributed by atoms with Crippen LogP contribution in [0.2, 0.25) is 0 Å². The van der Waals surface area contributed by atoms with Crippen molar-refractivity contribution in [3.05, 3.63) is 65.0 Å². The summed E-state index contributed by atoms with van der Waals surface area (Å²) in [7, 11) is -1.57. The van der Waals surface area contributed by atoms with Gasteiger partial charge in [-0.1, -0.05) is 42.0 Å². The normalized spacial score (nSPS) is 10.4. The van der Waals surface area contributed by atoms with Crippen molar-refractivity contribution in [1.29, 1.82) is 0 Å². The molecule has 2 rings (SSSR count). The molecule has 0 amide bonds. The van der Waals surface area contributed by atoms with Crippen LogP contribution in [0, 0.1) is 12.7 Å². The van der Waals surface area contributed by atoms with Crippen molar-refractivity contribution < 1.29 is 14.4 Å². The van der Waals surface area contributed by atoms with Gasteiger partial charge in [0.05, 0.1) is 0 Å². The number of hydrogen-bond donors (Lipinski definition) is 2. The molecule has 0 aliphatic heterocycles. The van der Waals surface area contributed by atoms with E-state index in [0.717, 1.165) is 11.1 Å². The summed E-state index contributed by atoms with van der Waals surface area (Å²) in [4.78, 5) is 0. The molecule has 0 fully saturated rings. The Labute approximate surface area is 106 Å². The van der Waals surface area contributed by atoms with E-state index in [1.54, 1.807) is 0 Å². The average Bonchev–Trinajstić information content (AvgIpc) is 2.34. The number of benzene rings is 2. The average molecular weight is 244 g/mol. The predicted molar refractivity (Wildman–Crippen MR) is 70.2 cm³/mol. The van der Waals surface area contributed by atoms with Gasteiger partial charge in [-0.25, -0.2) is 4.39 Å². The van der Waals surface area contributed by atoms with Crippen LogP contribution >= 0.6 is 0 Å². The van der Waals surface area contributed by atoms with Crippen molar-refractivity contribution in [2.75, 3.05) is 0 Å². The first kappa shape index (κ1) is 12.8. The third kappa shape index (κ3) is 2.97. The molecule has 2 nitrogen and oxygen atoms in total. The molecular weight excluding hydrogens is 230 g/mol. The molecule has 2 aromatic rings. The summed E-state index contributed by atoms with van der Waals surface area (Å²) in [6.07, 6.45) is 0.437. The molecule has 0 saturated heterocycles. The highest BCUT2D eigenvalue weighted by atomic mass is 19.1. The van der Waals surface area contributed by atoms with E-state index in [1.165, 1.54) is 18.2 Å². The highest BCUT2D eigenvalue weighted by Crippen LogP contribution is 2.13. The smallest absolute Gasteiger partial charge is 0.423 e. The molecule has 0 bridgehead atoms. The largest absolute Gasteiger partial charge is 0.488 e. The lowest BCUT2D eigenvalue weighted by molar-refractivity contribution is 0.425.